The van der Waals surface area contributed by atoms with Crippen molar-refractivity contribution in [3.05, 3.63) is 29.8 Å². The fourth-order valence-electron chi connectivity index (χ4n) is 1.90. The van der Waals surface area contributed by atoms with Crippen LogP contribution in [0.2, 0.25) is 0 Å². The Hall–Kier alpha value is -1.39. The first-order valence-electron chi connectivity index (χ1n) is 6.71. The number of benzene rings is 1. The summed E-state index contributed by atoms with van der Waals surface area (Å²) >= 11 is 0. The van der Waals surface area contributed by atoms with Crippen LogP contribution in [-0.2, 0) is 16.0 Å². The SMILES string of the molecule is CCc1ccc(N(C)C(=O)C(N)CCCOC)cc1. The highest BCUT2D eigenvalue weighted by molar-refractivity contribution is 5.96. The summed E-state index contributed by atoms with van der Waals surface area (Å²) in [5, 5.41) is 0. The predicted octanol–water partition coefficient (Wildman–Crippen LogP) is 1.97. The Morgan fingerprint density at radius 3 is 2.53 bits per heavy atom. The van der Waals surface area contributed by atoms with Gasteiger partial charge >= 0.3 is 0 Å². The Bertz CT molecular complexity index is 390. The molecule has 4 nitrogen and oxygen atoms in total. The number of methoxy groups -OCH3 is 1. The molecular weight excluding hydrogens is 240 g/mol. The minimum absolute atomic E-state index is 0.0552. The number of nitrogens with two attached hydrogens (primary N) is 1. The maximum atomic E-state index is 12.2. The average Bonchev–Trinajstić information content (AvgIpc) is 2.46. The highest BCUT2D eigenvalue weighted by atomic mass is 16.5. The maximum absolute atomic E-state index is 12.2. The fraction of sp³-hybridized carbons (Fsp3) is 0.533. The van der Waals surface area contributed by atoms with Gasteiger partial charge in [0, 0.05) is 26.5 Å². The van der Waals surface area contributed by atoms with Crippen LogP contribution in [0.25, 0.3) is 0 Å². The van der Waals surface area contributed by atoms with E-state index in [4.69, 9.17) is 10.5 Å². The molecule has 1 aromatic carbocycles. The van der Waals surface area contributed by atoms with Gasteiger partial charge in [-0.15, -0.1) is 0 Å². The smallest absolute Gasteiger partial charge is 0.243 e. The second kappa shape index (κ2) is 7.92. The average molecular weight is 264 g/mol. The molecule has 0 aliphatic rings. The van der Waals surface area contributed by atoms with Crippen LogP contribution in [0.4, 0.5) is 5.69 Å². The summed E-state index contributed by atoms with van der Waals surface area (Å²) in [6, 6.07) is 7.52. The van der Waals surface area contributed by atoms with E-state index in [1.165, 1.54) is 5.56 Å². The van der Waals surface area contributed by atoms with Gasteiger partial charge in [0.15, 0.2) is 0 Å². The lowest BCUT2D eigenvalue weighted by Gasteiger charge is -2.21. The Balaban J connectivity index is 2.59. The molecule has 0 bridgehead atoms. The van der Waals surface area contributed by atoms with Crippen molar-refractivity contribution in [1.82, 2.24) is 0 Å². The molecule has 1 amide bonds. The van der Waals surface area contributed by atoms with Crippen molar-refractivity contribution >= 4 is 11.6 Å². The van der Waals surface area contributed by atoms with Gasteiger partial charge in [-0.2, -0.15) is 0 Å². The fourth-order valence-corrected chi connectivity index (χ4v) is 1.90. The van der Waals surface area contributed by atoms with Crippen LogP contribution in [0.3, 0.4) is 0 Å². The Morgan fingerprint density at radius 1 is 1.37 bits per heavy atom. The number of hydrogen-bond acceptors (Lipinski definition) is 3. The van der Waals surface area contributed by atoms with Crippen LogP contribution in [0, 0.1) is 0 Å². The number of nitrogens with zero attached hydrogens (tertiary/aromatic N) is 1. The molecule has 0 spiro atoms. The van der Waals surface area contributed by atoms with E-state index >= 15 is 0 Å². The number of carbonyl (C=O) groups excluding carboxylic acids is 1. The minimum atomic E-state index is -0.467. The van der Waals surface area contributed by atoms with Gasteiger partial charge < -0.3 is 15.4 Å². The van der Waals surface area contributed by atoms with Crippen molar-refractivity contribution in [2.45, 2.75) is 32.2 Å². The lowest BCUT2D eigenvalue weighted by atomic mass is 10.1. The highest BCUT2D eigenvalue weighted by Gasteiger charge is 2.18. The molecule has 1 rings (SSSR count). The molecule has 1 aromatic rings. The summed E-state index contributed by atoms with van der Waals surface area (Å²) in [7, 11) is 3.41. The van der Waals surface area contributed by atoms with Gasteiger partial charge in [-0.1, -0.05) is 19.1 Å². The normalized spacial score (nSPS) is 12.2. The first-order chi connectivity index (χ1) is 9.10. The molecule has 0 aromatic heterocycles. The van der Waals surface area contributed by atoms with E-state index in [0.717, 1.165) is 18.5 Å². The Labute approximate surface area is 115 Å². The number of anilines is 1. The van der Waals surface area contributed by atoms with Crippen molar-refractivity contribution in [3.8, 4) is 0 Å². The molecular formula is C15H24N2O2. The van der Waals surface area contributed by atoms with Crippen molar-refractivity contribution in [3.63, 3.8) is 0 Å². The molecule has 0 radical (unpaired) electrons. The summed E-state index contributed by atoms with van der Waals surface area (Å²) in [5.41, 5.74) is 8.04. The molecule has 0 heterocycles. The standard InChI is InChI=1S/C15H24N2O2/c1-4-12-7-9-13(10-8-12)17(2)15(18)14(16)6-5-11-19-3/h7-10,14H,4-6,11,16H2,1-3H3. The van der Waals surface area contributed by atoms with E-state index in [0.29, 0.717) is 13.0 Å². The van der Waals surface area contributed by atoms with Crippen molar-refractivity contribution in [2.75, 3.05) is 25.7 Å². The molecule has 1 unspecified atom stereocenters. The molecule has 1 atom stereocenters. The highest BCUT2D eigenvalue weighted by Crippen LogP contribution is 2.15. The molecule has 2 N–H and O–H groups in total. The predicted molar refractivity (Wildman–Crippen MR) is 78.3 cm³/mol. The molecule has 19 heavy (non-hydrogen) atoms. The molecule has 0 fully saturated rings. The molecule has 0 aliphatic heterocycles. The van der Waals surface area contributed by atoms with E-state index in [9.17, 15) is 4.79 Å². The third-order valence-corrected chi connectivity index (χ3v) is 3.24. The number of likely N-dealkylation sites (N-methyl/N-ethyl adjacent to an activating group) is 1. The third-order valence-electron chi connectivity index (χ3n) is 3.24. The molecule has 0 saturated carbocycles. The van der Waals surface area contributed by atoms with Gasteiger partial charge in [-0.3, -0.25) is 4.79 Å². The molecule has 106 valence electrons. The van der Waals surface area contributed by atoms with Crippen molar-refractivity contribution in [1.29, 1.82) is 0 Å². The van der Waals surface area contributed by atoms with Crippen LogP contribution >= 0.6 is 0 Å². The van der Waals surface area contributed by atoms with Crippen LogP contribution in [0.5, 0.6) is 0 Å². The van der Waals surface area contributed by atoms with E-state index in [1.807, 2.05) is 24.3 Å². The quantitative estimate of drug-likeness (QED) is 0.766. The van der Waals surface area contributed by atoms with Gasteiger partial charge in [-0.25, -0.2) is 0 Å². The van der Waals surface area contributed by atoms with E-state index in [2.05, 4.69) is 6.92 Å². The van der Waals surface area contributed by atoms with Crippen LogP contribution < -0.4 is 10.6 Å². The number of aryl methyl sites for hydroxylation is 1. The first kappa shape index (κ1) is 15.7. The summed E-state index contributed by atoms with van der Waals surface area (Å²) < 4.78 is 4.96. The van der Waals surface area contributed by atoms with Gasteiger partial charge in [0.05, 0.1) is 6.04 Å². The number of ether oxygens (including phenoxy) is 1. The monoisotopic (exact) mass is 264 g/mol. The van der Waals surface area contributed by atoms with Gasteiger partial charge in [-0.05, 0) is 37.0 Å². The van der Waals surface area contributed by atoms with E-state index in [-0.39, 0.29) is 5.91 Å². The lowest BCUT2D eigenvalue weighted by Crippen LogP contribution is -2.42. The maximum Gasteiger partial charge on any atom is 0.243 e. The van der Waals surface area contributed by atoms with Crippen molar-refractivity contribution in [2.24, 2.45) is 5.73 Å². The zero-order valence-corrected chi connectivity index (χ0v) is 12.1. The first-order valence-corrected chi connectivity index (χ1v) is 6.71. The number of hydrogen-bond donors (Lipinski definition) is 1. The topological polar surface area (TPSA) is 55.6 Å². The molecule has 4 heteroatoms. The number of carbonyl (C=O) groups is 1. The van der Waals surface area contributed by atoms with Crippen LogP contribution in [0.15, 0.2) is 24.3 Å². The summed E-state index contributed by atoms with van der Waals surface area (Å²) in [4.78, 5) is 13.8. The van der Waals surface area contributed by atoms with Crippen molar-refractivity contribution < 1.29 is 9.53 Å². The van der Waals surface area contributed by atoms with Crippen LogP contribution in [0.1, 0.15) is 25.3 Å². The van der Waals surface area contributed by atoms with Crippen LogP contribution in [-0.4, -0.2) is 32.7 Å². The second-order valence-electron chi connectivity index (χ2n) is 4.66. The zero-order valence-electron chi connectivity index (χ0n) is 12.1. The second-order valence-corrected chi connectivity index (χ2v) is 4.66. The zero-order chi connectivity index (χ0) is 14.3. The molecule has 0 aliphatic carbocycles. The Kier molecular flexibility index (Phi) is 6.53. The largest absolute Gasteiger partial charge is 0.385 e. The Morgan fingerprint density at radius 2 is 2.00 bits per heavy atom. The third kappa shape index (κ3) is 4.65. The van der Waals surface area contributed by atoms with E-state index in [1.54, 1.807) is 19.1 Å². The number of rotatable bonds is 7. The van der Waals surface area contributed by atoms with Gasteiger partial charge in [0.1, 0.15) is 0 Å². The minimum Gasteiger partial charge on any atom is -0.385 e. The summed E-state index contributed by atoms with van der Waals surface area (Å²) in [6.45, 7) is 2.74. The lowest BCUT2D eigenvalue weighted by molar-refractivity contribution is -0.119. The van der Waals surface area contributed by atoms with Gasteiger partial charge in [0.25, 0.3) is 0 Å². The number of amides is 1. The van der Waals surface area contributed by atoms with Gasteiger partial charge in [0.2, 0.25) is 5.91 Å². The summed E-state index contributed by atoms with van der Waals surface area (Å²) in [6.07, 6.45) is 2.44. The molecule has 0 saturated heterocycles. The summed E-state index contributed by atoms with van der Waals surface area (Å²) in [5.74, 6) is -0.0552. The van der Waals surface area contributed by atoms with E-state index < -0.39 is 6.04 Å².